The molecule has 0 spiro atoms. The SMILES string of the molecule is O=C(/C=C/c1ccc(Oc2cccnc2)c(F)c1)Nc1ccc(Cn2ccccc2=O)cc1. The molecule has 4 rings (SSSR count). The van der Waals surface area contributed by atoms with E-state index in [-0.39, 0.29) is 17.2 Å². The largest absolute Gasteiger partial charge is 0.453 e. The third kappa shape index (κ3) is 6.01. The normalized spacial score (nSPS) is 10.8. The van der Waals surface area contributed by atoms with E-state index >= 15 is 0 Å². The maximum absolute atomic E-state index is 14.3. The van der Waals surface area contributed by atoms with Crippen LogP contribution < -0.4 is 15.6 Å². The van der Waals surface area contributed by atoms with Crippen molar-refractivity contribution in [1.29, 1.82) is 0 Å². The summed E-state index contributed by atoms with van der Waals surface area (Å²) in [5.74, 6) is -0.393. The average Bonchev–Trinajstić information content (AvgIpc) is 2.83. The van der Waals surface area contributed by atoms with Crippen LogP contribution in [-0.4, -0.2) is 15.5 Å². The van der Waals surface area contributed by atoms with Crippen LogP contribution in [-0.2, 0) is 11.3 Å². The number of hydrogen-bond acceptors (Lipinski definition) is 4. The first-order valence-electron chi connectivity index (χ1n) is 10.2. The molecule has 0 aliphatic rings. The van der Waals surface area contributed by atoms with Gasteiger partial charge in [0.2, 0.25) is 5.91 Å². The van der Waals surface area contributed by atoms with E-state index in [1.807, 2.05) is 12.1 Å². The fourth-order valence-corrected chi connectivity index (χ4v) is 3.08. The lowest BCUT2D eigenvalue weighted by Gasteiger charge is -2.07. The summed E-state index contributed by atoms with van der Waals surface area (Å²) in [6.07, 6.45) is 7.66. The molecular weight excluding hydrogens is 421 g/mol. The van der Waals surface area contributed by atoms with Gasteiger partial charge in [0.25, 0.3) is 5.56 Å². The van der Waals surface area contributed by atoms with Gasteiger partial charge in [-0.05, 0) is 59.7 Å². The Labute approximate surface area is 189 Å². The quantitative estimate of drug-likeness (QED) is 0.415. The Morgan fingerprint density at radius 1 is 1.06 bits per heavy atom. The third-order valence-corrected chi connectivity index (χ3v) is 4.72. The summed E-state index contributed by atoms with van der Waals surface area (Å²) in [4.78, 5) is 28.0. The molecule has 2 aromatic carbocycles. The molecule has 2 heterocycles. The lowest BCUT2D eigenvalue weighted by Crippen LogP contribution is -2.18. The number of benzene rings is 2. The van der Waals surface area contributed by atoms with Crippen LogP contribution in [0.25, 0.3) is 6.08 Å². The van der Waals surface area contributed by atoms with Gasteiger partial charge in [0.1, 0.15) is 5.75 Å². The zero-order valence-corrected chi connectivity index (χ0v) is 17.5. The van der Waals surface area contributed by atoms with Gasteiger partial charge < -0.3 is 14.6 Å². The van der Waals surface area contributed by atoms with Crippen molar-refractivity contribution in [1.82, 2.24) is 9.55 Å². The molecule has 0 saturated carbocycles. The first-order chi connectivity index (χ1) is 16.1. The number of anilines is 1. The molecule has 0 unspecified atom stereocenters. The highest BCUT2D eigenvalue weighted by molar-refractivity contribution is 6.01. The van der Waals surface area contributed by atoms with Crippen LogP contribution in [0.1, 0.15) is 11.1 Å². The van der Waals surface area contributed by atoms with Crippen molar-refractivity contribution in [2.75, 3.05) is 5.32 Å². The summed E-state index contributed by atoms with van der Waals surface area (Å²) in [5.41, 5.74) is 1.99. The van der Waals surface area contributed by atoms with E-state index in [1.165, 1.54) is 36.5 Å². The molecule has 0 fully saturated rings. The molecule has 2 aromatic heterocycles. The maximum atomic E-state index is 14.3. The predicted molar refractivity (Wildman–Crippen MR) is 125 cm³/mol. The molecular formula is C26H20FN3O3. The highest BCUT2D eigenvalue weighted by Crippen LogP contribution is 2.24. The molecule has 164 valence electrons. The van der Waals surface area contributed by atoms with Crippen LogP contribution in [0.2, 0.25) is 0 Å². The highest BCUT2D eigenvalue weighted by Gasteiger charge is 2.06. The number of aromatic nitrogens is 2. The first kappa shape index (κ1) is 21.7. The topological polar surface area (TPSA) is 73.2 Å². The Kier molecular flexibility index (Phi) is 6.70. The van der Waals surface area contributed by atoms with Gasteiger partial charge in [0.15, 0.2) is 11.6 Å². The van der Waals surface area contributed by atoms with Crippen molar-refractivity contribution in [2.24, 2.45) is 0 Å². The third-order valence-electron chi connectivity index (χ3n) is 4.72. The maximum Gasteiger partial charge on any atom is 0.250 e. The van der Waals surface area contributed by atoms with E-state index in [2.05, 4.69) is 10.3 Å². The number of carbonyl (C=O) groups is 1. The van der Waals surface area contributed by atoms with E-state index in [0.29, 0.717) is 23.5 Å². The lowest BCUT2D eigenvalue weighted by atomic mass is 10.2. The number of rotatable bonds is 7. The van der Waals surface area contributed by atoms with E-state index in [9.17, 15) is 14.0 Å². The van der Waals surface area contributed by atoms with E-state index < -0.39 is 5.82 Å². The van der Waals surface area contributed by atoms with E-state index in [4.69, 9.17) is 4.74 Å². The molecule has 0 aliphatic carbocycles. The Balaban J connectivity index is 1.34. The van der Waals surface area contributed by atoms with Gasteiger partial charge >= 0.3 is 0 Å². The fourth-order valence-electron chi connectivity index (χ4n) is 3.08. The summed E-state index contributed by atoms with van der Waals surface area (Å²) in [5, 5.41) is 2.75. The minimum atomic E-state index is -0.547. The zero-order valence-electron chi connectivity index (χ0n) is 17.5. The van der Waals surface area contributed by atoms with Crippen molar-refractivity contribution in [2.45, 2.75) is 6.54 Å². The molecule has 1 amide bonds. The summed E-state index contributed by atoms with van der Waals surface area (Å²) >= 11 is 0. The molecule has 0 bridgehead atoms. The zero-order chi connectivity index (χ0) is 23.0. The lowest BCUT2D eigenvalue weighted by molar-refractivity contribution is -0.111. The monoisotopic (exact) mass is 441 g/mol. The highest BCUT2D eigenvalue weighted by atomic mass is 19.1. The molecule has 7 heteroatoms. The molecule has 0 aliphatic heterocycles. The smallest absolute Gasteiger partial charge is 0.250 e. The first-order valence-corrected chi connectivity index (χ1v) is 10.2. The van der Waals surface area contributed by atoms with Gasteiger partial charge in [-0.25, -0.2) is 4.39 Å². The number of amides is 1. The van der Waals surface area contributed by atoms with Crippen LogP contribution in [0.5, 0.6) is 11.5 Å². The molecule has 0 atom stereocenters. The summed E-state index contributed by atoms with van der Waals surface area (Å²) in [6.45, 7) is 0.444. The number of pyridine rings is 2. The van der Waals surface area contributed by atoms with Crippen molar-refractivity contribution < 1.29 is 13.9 Å². The standard InChI is InChI=1S/C26H20FN3O3/c27-23-16-19(8-12-24(23)33-22-4-3-14-28-17-22)9-13-25(31)29-21-10-6-20(7-11-21)18-30-15-2-1-5-26(30)32/h1-17H,18H2,(H,29,31)/b13-9+. The van der Waals surface area contributed by atoms with E-state index in [1.54, 1.807) is 59.4 Å². The van der Waals surface area contributed by atoms with Crippen LogP contribution in [0.15, 0.2) is 102 Å². The number of halogens is 1. The molecule has 0 saturated heterocycles. The summed E-state index contributed by atoms with van der Waals surface area (Å²) in [6, 6.07) is 20.0. The average molecular weight is 441 g/mol. The Morgan fingerprint density at radius 2 is 1.91 bits per heavy atom. The van der Waals surface area contributed by atoms with Crippen LogP contribution in [0.3, 0.4) is 0 Å². The van der Waals surface area contributed by atoms with Crippen LogP contribution in [0.4, 0.5) is 10.1 Å². The second-order valence-electron chi connectivity index (χ2n) is 7.17. The molecule has 6 nitrogen and oxygen atoms in total. The minimum Gasteiger partial charge on any atom is -0.453 e. The van der Waals surface area contributed by atoms with Crippen LogP contribution in [0, 0.1) is 5.82 Å². The van der Waals surface area contributed by atoms with Gasteiger partial charge in [0, 0.05) is 30.2 Å². The number of nitrogens with zero attached hydrogens (tertiary/aromatic N) is 2. The second kappa shape index (κ2) is 10.2. The number of hydrogen-bond donors (Lipinski definition) is 1. The molecule has 1 N–H and O–H groups in total. The summed E-state index contributed by atoms with van der Waals surface area (Å²) < 4.78 is 21.4. The number of carbonyl (C=O) groups excluding carboxylic acids is 1. The van der Waals surface area contributed by atoms with Gasteiger partial charge in [-0.15, -0.1) is 0 Å². The Morgan fingerprint density at radius 3 is 2.64 bits per heavy atom. The second-order valence-corrected chi connectivity index (χ2v) is 7.17. The van der Waals surface area contributed by atoms with Crippen molar-refractivity contribution in [3.8, 4) is 11.5 Å². The minimum absolute atomic E-state index is 0.0717. The van der Waals surface area contributed by atoms with Crippen molar-refractivity contribution in [3.05, 3.63) is 125 Å². The number of nitrogens with one attached hydrogen (secondary N) is 1. The van der Waals surface area contributed by atoms with Crippen molar-refractivity contribution >= 4 is 17.7 Å². The van der Waals surface area contributed by atoms with Gasteiger partial charge in [-0.1, -0.05) is 24.3 Å². The van der Waals surface area contributed by atoms with E-state index in [0.717, 1.165) is 5.56 Å². The molecule has 0 radical (unpaired) electrons. The summed E-state index contributed by atoms with van der Waals surface area (Å²) in [7, 11) is 0. The van der Waals surface area contributed by atoms with Gasteiger partial charge in [0.05, 0.1) is 12.7 Å². The van der Waals surface area contributed by atoms with Gasteiger partial charge in [-0.2, -0.15) is 0 Å². The Bertz CT molecular complexity index is 1330. The Hall–Kier alpha value is -4.52. The van der Waals surface area contributed by atoms with Crippen LogP contribution >= 0.6 is 0 Å². The number of ether oxygens (including phenoxy) is 1. The molecule has 4 aromatic rings. The molecule has 33 heavy (non-hydrogen) atoms. The fraction of sp³-hybridized carbons (Fsp3) is 0.0385. The van der Waals surface area contributed by atoms with Gasteiger partial charge in [-0.3, -0.25) is 14.6 Å². The van der Waals surface area contributed by atoms with Crippen molar-refractivity contribution in [3.63, 3.8) is 0 Å². The predicted octanol–water partition coefficient (Wildman–Crippen LogP) is 4.87.